The third-order valence-electron chi connectivity index (χ3n) is 3.01. The van der Waals surface area contributed by atoms with E-state index >= 15 is 0 Å². The van der Waals surface area contributed by atoms with Gasteiger partial charge in [-0.15, -0.1) is 0 Å². The van der Waals surface area contributed by atoms with Crippen molar-refractivity contribution in [1.29, 1.82) is 0 Å². The van der Waals surface area contributed by atoms with Crippen LogP contribution in [0.25, 0.3) is 0 Å². The summed E-state index contributed by atoms with van der Waals surface area (Å²) in [4.78, 5) is 17.4. The summed E-state index contributed by atoms with van der Waals surface area (Å²) in [6.07, 6.45) is 6.07. The molecule has 0 saturated carbocycles. The van der Waals surface area contributed by atoms with Crippen LogP contribution in [-0.4, -0.2) is 34.1 Å². The second-order valence-corrected chi connectivity index (χ2v) is 5.01. The first kappa shape index (κ1) is 15.3. The Labute approximate surface area is 127 Å². The zero-order chi connectivity index (χ0) is 15.2. The Morgan fingerprint density at radius 2 is 2.33 bits per heavy atom. The molecule has 0 atom stereocenters. The van der Waals surface area contributed by atoms with E-state index < -0.39 is 5.82 Å². The number of carbonyl (C=O) groups is 1. The Morgan fingerprint density at radius 3 is 3.05 bits per heavy atom. The second-order valence-electron chi connectivity index (χ2n) is 4.61. The van der Waals surface area contributed by atoms with Crippen molar-refractivity contribution in [3.63, 3.8) is 0 Å². The minimum absolute atomic E-state index is 0.0180. The van der Waals surface area contributed by atoms with E-state index in [0.29, 0.717) is 6.54 Å². The fraction of sp³-hybridized carbons (Fsp3) is 0.286. The molecule has 5 nitrogen and oxygen atoms in total. The first-order valence-electron chi connectivity index (χ1n) is 6.50. The van der Waals surface area contributed by atoms with Crippen LogP contribution in [0.15, 0.2) is 36.9 Å². The fourth-order valence-corrected chi connectivity index (χ4v) is 2.00. The lowest BCUT2D eigenvalue weighted by Crippen LogP contribution is -2.32. The highest BCUT2D eigenvalue weighted by Crippen LogP contribution is 2.22. The van der Waals surface area contributed by atoms with Gasteiger partial charge in [0.1, 0.15) is 0 Å². The minimum atomic E-state index is -0.626. The Kier molecular flexibility index (Phi) is 5.16. The van der Waals surface area contributed by atoms with Gasteiger partial charge in [0.25, 0.3) is 0 Å². The molecule has 2 aromatic rings. The van der Waals surface area contributed by atoms with Crippen LogP contribution >= 0.6 is 11.6 Å². The molecule has 21 heavy (non-hydrogen) atoms. The molecule has 1 aromatic heterocycles. The van der Waals surface area contributed by atoms with Gasteiger partial charge >= 0.3 is 6.03 Å². The Hall–Kier alpha value is -2.08. The number of nitrogens with one attached hydrogen (secondary N) is 1. The zero-order valence-electron chi connectivity index (χ0n) is 11.6. The largest absolute Gasteiger partial charge is 0.337 e. The van der Waals surface area contributed by atoms with Crippen LogP contribution in [0.3, 0.4) is 0 Å². The third-order valence-corrected chi connectivity index (χ3v) is 3.30. The molecule has 0 aliphatic carbocycles. The monoisotopic (exact) mass is 310 g/mol. The summed E-state index contributed by atoms with van der Waals surface area (Å²) in [6, 6.07) is 4.11. The van der Waals surface area contributed by atoms with Gasteiger partial charge in [-0.05, 0) is 18.6 Å². The van der Waals surface area contributed by atoms with Crippen LogP contribution in [0.5, 0.6) is 0 Å². The molecule has 0 radical (unpaired) electrons. The molecule has 0 fully saturated rings. The standard InChI is InChI=1S/C14H16ClFN4O/c1-19(7-3-8-20-9-6-17-10-20)14(21)18-12-5-2-4-11(15)13(12)16/h2,4-6,9-10H,3,7-8H2,1H3,(H,18,21). The fourth-order valence-electron chi connectivity index (χ4n) is 1.82. The van der Waals surface area contributed by atoms with Gasteiger partial charge in [0.15, 0.2) is 5.82 Å². The van der Waals surface area contributed by atoms with Crippen LogP contribution in [0.2, 0.25) is 5.02 Å². The van der Waals surface area contributed by atoms with Crippen molar-refractivity contribution in [2.24, 2.45) is 0 Å². The Morgan fingerprint density at radius 1 is 1.52 bits per heavy atom. The highest BCUT2D eigenvalue weighted by atomic mass is 35.5. The highest BCUT2D eigenvalue weighted by molar-refractivity contribution is 6.31. The van der Waals surface area contributed by atoms with E-state index in [-0.39, 0.29) is 16.7 Å². The van der Waals surface area contributed by atoms with Crippen LogP contribution in [0, 0.1) is 5.82 Å². The van der Waals surface area contributed by atoms with Crippen molar-refractivity contribution < 1.29 is 9.18 Å². The summed E-state index contributed by atoms with van der Waals surface area (Å²) >= 11 is 5.67. The molecular weight excluding hydrogens is 295 g/mol. The first-order chi connectivity index (χ1) is 10.1. The van der Waals surface area contributed by atoms with Gasteiger partial charge in [-0.25, -0.2) is 14.2 Å². The molecule has 2 rings (SSSR count). The molecule has 1 aromatic carbocycles. The number of nitrogens with zero attached hydrogens (tertiary/aromatic N) is 3. The quantitative estimate of drug-likeness (QED) is 0.921. The maximum absolute atomic E-state index is 13.7. The van der Waals surface area contributed by atoms with Crippen LogP contribution in [0.4, 0.5) is 14.9 Å². The van der Waals surface area contributed by atoms with E-state index in [2.05, 4.69) is 10.3 Å². The first-order valence-corrected chi connectivity index (χ1v) is 6.87. The number of amides is 2. The number of rotatable bonds is 5. The normalized spacial score (nSPS) is 10.4. The van der Waals surface area contributed by atoms with Crippen LogP contribution < -0.4 is 5.32 Å². The molecule has 0 spiro atoms. The van der Waals surface area contributed by atoms with Crippen molar-refractivity contribution >= 4 is 23.3 Å². The zero-order valence-corrected chi connectivity index (χ0v) is 12.3. The van der Waals surface area contributed by atoms with Crippen molar-refractivity contribution in [3.05, 3.63) is 47.8 Å². The lowest BCUT2D eigenvalue weighted by molar-refractivity contribution is 0.221. The van der Waals surface area contributed by atoms with Gasteiger partial charge in [-0.2, -0.15) is 0 Å². The van der Waals surface area contributed by atoms with Gasteiger partial charge in [0.05, 0.1) is 17.0 Å². The smallest absolute Gasteiger partial charge is 0.321 e. The molecule has 0 saturated heterocycles. The van der Waals surface area contributed by atoms with Crippen molar-refractivity contribution in [1.82, 2.24) is 14.5 Å². The number of halogens is 2. The van der Waals surface area contributed by atoms with Gasteiger partial charge in [-0.1, -0.05) is 17.7 Å². The van der Waals surface area contributed by atoms with Crippen molar-refractivity contribution in [2.45, 2.75) is 13.0 Å². The number of anilines is 1. The number of aromatic nitrogens is 2. The predicted molar refractivity (Wildman–Crippen MR) is 79.9 cm³/mol. The van der Waals surface area contributed by atoms with E-state index in [1.54, 1.807) is 25.6 Å². The van der Waals surface area contributed by atoms with Gasteiger partial charge in [-0.3, -0.25) is 0 Å². The van der Waals surface area contributed by atoms with E-state index in [0.717, 1.165) is 13.0 Å². The summed E-state index contributed by atoms with van der Waals surface area (Å²) in [5.41, 5.74) is 0.0777. The number of hydrogen-bond acceptors (Lipinski definition) is 2. The molecule has 0 aliphatic heterocycles. The van der Waals surface area contributed by atoms with Crippen molar-refractivity contribution in [2.75, 3.05) is 18.9 Å². The maximum atomic E-state index is 13.7. The lowest BCUT2D eigenvalue weighted by atomic mass is 10.3. The third kappa shape index (κ3) is 4.19. The number of aryl methyl sites for hydroxylation is 1. The van der Waals surface area contributed by atoms with Crippen LogP contribution in [0.1, 0.15) is 6.42 Å². The number of imidazole rings is 1. The Bertz CT molecular complexity index is 603. The molecule has 0 unspecified atom stereocenters. The summed E-state index contributed by atoms with van der Waals surface area (Å²) in [6.45, 7) is 1.31. The van der Waals surface area contributed by atoms with Crippen LogP contribution in [-0.2, 0) is 6.54 Å². The minimum Gasteiger partial charge on any atom is -0.337 e. The van der Waals surface area contributed by atoms with Gasteiger partial charge in [0, 0.05) is 32.5 Å². The maximum Gasteiger partial charge on any atom is 0.321 e. The van der Waals surface area contributed by atoms with Gasteiger partial charge in [0.2, 0.25) is 0 Å². The average molecular weight is 311 g/mol. The molecular formula is C14H16ClFN4O. The molecule has 1 N–H and O–H groups in total. The summed E-state index contributed by atoms with van der Waals surface area (Å²) in [5.74, 6) is -0.626. The average Bonchev–Trinajstić information content (AvgIpc) is 2.97. The summed E-state index contributed by atoms with van der Waals surface area (Å²) < 4.78 is 15.6. The summed E-state index contributed by atoms with van der Waals surface area (Å²) in [5, 5.41) is 2.48. The summed E-state index contributed by atoms with van der Waals surface area (Å²) in [7, 11) is 1.66. The highest BCUT2D eigenvalue weighted by Gasteiger charge is 2.12. The SMILES string of the molecule is CN(CCCn1ccnc1)C(=O)Nc1cccc(Cl)c1F. The molecule has 112 valence electrons. The van der Waals surface area contributed by atoms with E-state index in [4.69, 9.17) is 11.6 Å². The molecule has 0 bridgehead atoms. The molecule has 7 heteroatoms. The van der Waals surface area contributed by atoms with E-state index in [1.807, 2.05) is 10.8 Å². The van der Waals surface area contributed by atoms with E-state index in [9.17, 15) is 9.18 Å². The van der Waals surface area contributed by atoms with Gasteiger partial charge < -0.3 is 14.8 Å². The number of benzene rings is 1. The molecule has 0 aliphatic rings. The number of urea groups is 1. The lowest BCUT2D eigenvalue weighted by Gasteiger charge is -2.18. The number of carbonyl (C=O) groups excluding carboxylic acids is 1. The van der Waals surface area contributed by atoms with E-state index in [1.165, 1.54) is 17.0 Å². The Balaban J connectivity index is 1.83. The molecule has 1 heterocycles. The number of hydrogen-bond donors (Lipinski definition) is 1. The second kappa shape index (κ2) is 7.08. The predicted octanol–water partition coefficient (Wildman–Crippen LogP) is 3.23. The molecule has 2 amide bonds. The topological polar surface area (TPSA) is 50.2 Å². The van der Waals surface area contributed by atoms with Crippen molar-refractivity contribution in [3.8, 4) is 0 Å².